The van der Waals surface area contributed by atoms with Crippen LogP contribution in [0.5, 0.6) is 0 Å². The van der Waals surface area contributed by atoms with E-state index >= 15 is 0 Å². The van der Waals surface area contributed by atoms with Gasteiger partial charge in [-0.2, -0.15) is 5.01 Å². The molecule has 2 aromatic carbocycles. The van der Waals surface area contributed by atoms with Crippen molar-refractivity contribution in [2.45, 2.75) is 59.6 Å². The predicted octanol–water partition coefficient (Wildman–Crippen LogP) is 4.73. The molecule has 9 heteroatoms. The fraction of sp³-hybridized carbons (Fsp3) is 0.387. The maximum atomic E-state index is 13.6. The van der Waals surface area contributed by atoms with E-state index in [1.807, 2.05) is 56.3 Å². The minimum Gasteiger partial charge on any atom is -0.460 e. The van der Waals surface area contributed by atoms with Crippen LogP contribution in [-0.2, 0) is 30.5 Å². The van der Waals surface area contributed by atoms with E-state index < -0.39 is 47.2 Å². The molecule has 5 amide bonds. The van der Waals surface area contributed by atoms with Gasteiger partial charge in [0.15, 0.2) is 0 Å². The van der Waals surface area contributed by atoms with Crippen molar-refractivity contribution in [3.8, 4) is 0 Å². The molecule has 212 valence electrons. The molecule has 0 spiro atoms. The molecule has 0 saturated carbocycles. The summed E-state index contributed by atoms with van der Waals surface area (Å²) in [5.41, 5.74) is 3.13. The SMILES string of the molecule is CC(C)C[C@@H](C(=O)NN1C(=O)C(=O)N(Cc2ccccc2)C1=O)[C@H](C/C=C/c1ccccc1)C(=O)OC(C)(C)C. The van der Waals surface area contributed by atoms with Crippen molar-refractivity contribution in [2.24, 2.45) is 17.8 Å². The Morgan fingerprint density at radius 2 is 1.50 bits per heavy atom. The third kappa shape index (κ3) is 8.11. The number of nitrogens with zero attached hydrogens (tertiary/aromatic N) is 2. The van der Waals surface area contributed by atoms with Crippen LogP contribution in [0.2, 0.25) is 0 Å². The van der Waals surface area contributed by atoms with Gasteiger partial charge in [-0.1, -0.05) is 86.7 Å². The van der Waals surface area contributed by atoms with Crippen molar-refractivity contribution in [3.05, 3.63) is 77.9 Å². The number of hydrogen-bond acceptors (Lipinski definition) is 6. The zero-order valence-electron chi connectivity index (χ0n) is 23.6. The molecular weight excluding hydrogens is 510 g/mol. The topological polar surface area (TPSA) is 113 Å². The summed E-state index contributed by atoms with van der Waals surface area (Å²) in [7, 11) is 0. The van der Waals surface area contributed by atoms with Crippen LogP contribution in [0.3, 0.4) is 0 Å². The van der Waals surface area contributed by atoms with Gasteiger partial charge >= 0.3 is 23.8 Å². The Morgan fingerprint density at radius 1 is 0.900 bits per heavy atom. The summed E-state index contributed by atoms with van der Waals surface area (Å²) in [6.07, 6.45) is 4.14. The predicted molar refractivity (Wildman–Crippen MR) is 150 cm³/mol. The number of nitrogens with one attached hydrogen (secondary N) is 1. The first-order chi connectivity index (χ1) is 18.9. The highest BCUT2D eigenvalue weighted by atomic mass is 16.6. The summed E-state index contributed by atoms with van der Waals surface area (Å²) in [6, 6.07) is 17.3. The molecule has 9 nitrogen and oxygen atoms in total. The zero-order valence-corrected chi connectivity index (χ0v) is 23.6. The molecule has 0 aromatic heterocycles. The average molecular weight is 548 g/mol. The van der Waals surface area contributed by atoms with Gasteiger partial charge < -0.3 is 4.74 Å². The first-order valence-electron chi connectivity index (χ1n) is 13.4. The first kappa shape index (κ1) is 30.3. The molecule has 2 atom stereocenters. The van der Waals surface area contributed by atoms with E-state index in [0.717, 1.165) is 10.5 Å². The highest BCUT2D eigenvalue weighted by Crippen LogP contribution is 2.28. The molecule has 3 rings (SSSR count). The third-order valence-electron chi connectivity index (χ3n) is 6.22. The summed E-state index contributed by atoms with van der Waals surface area (Å²) in [6.45, 7) is 8.93. The molecule has 1 aliphatic rings. The van der Waals surface area contributed by atoms with E-state index in [-0.39, 0.29) is 25.3 Å². The monoisotopic (exact) mass is 547 g/mol. The van der Waals surface area contributed by atoms with Gasteiger partial charge in [0.2, 0.25) is 5.91 Å². The number of hydrogen-bond donors (Lipinski definition) is 1. The molecule has 40 heavy (non-hydrogen) atoms. The number of rotatable bonds is 11. The maximum Gasteiger partial charge on any atom is 0.353 e. The minimum atomic E-state index is -1.16. The largest absolute Gasteiger partial charge is 0.460 e. The Morgan fingerprint density at radius 3 is 2.08 bits per heavy atom. The van der Waals surface area contributed by atoms with Crippen LogP contribution in [-0.4, -0.2) is 45.2 Å². The lowest BCUT2D eigenvalue weighted by molar-refractivity contribution is -0.164. The molecule has 0 radical (unpaired) electrons. The van der Waals surface area contributed by atoms with Gasteiger partial charge in [0.1, 0.15) is 5.60 Å². The summed E-state index contributed by atoms with van der Waals surface area (Å²) in [5, 5.41) is 0.437. The molecule has 2 aromatic rings. The smallest absolute Gasteiger partial charge is 0.353 e. The molecule has 0 aliphatic carbocycles. The number of ether oxygens (including phenoxy) is 1. The van der Waals surface area contributed by atoms with Crippen molar-refractivity contribution < 1.29 is 28.7 Å². The van der Waals surface area contributed by atoms with Crippen LogP contribution in [0.4, 0.5) is 4.79 Å². The summed E-state index contributed by atoms with van der Waals surface area (Å²) in [5.74, 6) is -5.31. The Balaban J connectivity index is 1.85. The van der Waals surface area contributed by atoms with Crippen LogP contribution >= 0.6 is 0 Å². The van der Waals surface area contributed by atoms with Gasteiger partial charge in [-0.25, -0.2) is 9.69 Å². The van der Waals surface area contributed by atoms with Gasteiger partial charge in [-0.05, 0) is 50.7 Å². The fourth-order valence-corrected chi connectivity index (χ4v) is 4.38. The molecule has 1 saturated heterocycles. The molecule has 1 aliphatic heterocycles. The molecule has 1 heterocycles. The van der Waals surface area contributed by atoms with Crippen molar-refractivity contribution in [1.29, 1.82) is 0 Å². The Hall–Kier alpha value is -4.27. The van der Waals surface area contributed by atoms with Crippen LogP contribution < -0.4 is 5.43 Å². The number of allylic oxidation sites excluding steroid dienone is 1. The second kappa shape index (κ2) is 13.2. The quantitative estimate of drug-likeness (QED) is 0.247. The third-order valence-corrected chi connectivity index (χ3v) is 6.22. The number of carbonyl (C=O) groups is 5. The highest BCUT2D eigenvalue weighted by Gasteiger charge is 2.47. The number of urea groups is 1. The second-order valence-corrected chi connectivity index (χ2v) is 11.2. The molecule has 1 N–H and O–H groups in total. The van der Waals surface area contributed by atoms with E-state index in [1.165, 1.54) is 0 Å². The number of amides is 5. The van der Waals surface area contributed by atoms with Gasteiger partial charge in [-0.15, -0.1) is 0 Å². The molecule has 1 fully saturated rings. The van der Waals surface area contributed by atoms with Crippen LogP contribution in [0, 0.1) is 17.8 Å². The van der Waals surface area contributed by atoms with Crippen LogP contribution in [0.1, 0.15) is 58.6 Å². The van der Waals surface area contributed by atoms with E-state index in [1.54, 1.807) is 51.1 Å². The van der Waals surface area contributed by atoms with Gasteiger partial charge in [0.25, 0.3) is 0 Å². The Kier molecular flexibility index (Phi) is 9.98. The summed E-state index contributed by atoms with van der Waals surface area (Å²) < 4.78 is 5.67. The van der Waals surface area contributed by atoms with Crippen molar-refractivity contribution in [3.63, 3.8) is 0 Å². The van der Waals surface area contributed by atoms with Crippen molar-refractivity contribution in [2.75, 3.05) is 0 Å². The van der Waals surface area contributed by atoms with E-state index in [0.29, 0.717) is 10.6 Å². The molecule has 0 unspecified atom stereocenters. The number of imide groups is 2. The minimum absolute atomic E-state index is 0.0000168. The van der Waals surface area contributed by atoms with Gasteiger partial charge in [-0.3, -0.25) is 24.6 Å². The average Bonchev–Trinajstić information content (AvgIpc) is 3.08. The number of esters is 1. The van der Waals surface area contributed by atoms with E-state index in [4.69, 9.17) is 4.74 Å². The van der Waals surface area contributed by atoms with Gasteiger partial charge in [0, 0.05) is 0 Å². The summed E-state index contributed by atoms with van der Waals surface area (Å²) >= 11 is 0. The maximum absolute atomic E-state index is 13.6. The molecular formula is C31H37N3O6. The number of hydrazine groups is 1. The lowest BCUT2D eigenvalue weighted by atomic mass is 9.82. The standard InChI is InChI=1S/C31H37N3O6/c1-21(2)19-25(24(29(38)40-31(3,4)5)18-12-17-22-13-8-6-9-14-22)26(35)32-34-28(37)27(36)33(30(34)39)20-23-15-10-7-11-16-23/h6-17,21,24-25H,18-20H2,1-5H3,(H,32,35)/b17-12+/t24-,25+/m0/s1. The van der Waals surface area contributed by atoms with Crippen LogP contribution in [0.25, 0.3) is 6.08 Å². The lowest BCUT2D eigenvalue weighted by Gasteiger charge is -2.30. The Labute approximate surface area is 235 Å². The normalized spacial score (nSPS) is 15.6. The van der Waals surface area contributed by atoms with E-state index in [2.05, 4.69) is 5.43 Å². The Bertz CT molecular complexity index is 1250. The fourth-order valence-electron chi connectivity index (χ4n) is 4.38. The zero-order chi connectivity index (χ0) is 29.4. The first-order valence-corrected chi connectivity index (χ1v) is 13.4. The number of carbonyl (C=O) groups excluding carboxylic acids is 5. The number of benzene rings is 2. The summed E-state index contributed by atoms with van der Waals surface area (Å²) in [4.78, 5) is 66.1. The van der Waals surface area contributed by atoms with E-state index in [9.17, 15) is 24.0 Å². The lowest BCUT2D eigenvalue weighted by Crippen LogP contribution is -2.51. The van der Waals surface area contributed by atoms with Gasteiger partial charge in [0.05, 0.1) is 18.4 Å². The van der Waals surface area contributed by atoms with Crippen LogP contribution in [0.15, 0.2) is 66.7 Å². The second-order valence-electron chi connectivity index (χ2n) is 11.2. The highest BCUT2D eigenvalue weighted by molar-refractivity contribution is 6.44. The molecule has 0 bridgehead atoms. The van der Waals surface area contributed by atoms with Crippen molar-refractivity contribution >= 4 is 35.8 Å². The van der Waals surface area contributed by atoms with Crippen molar-refractivity contribution in [1.82, 2.24) is 15.3 Å².